The van der Waals surface area contributed by atoms with Gasteiger partial charge in [0.15, 0.2) is 0 Å². The summed E-state index contributed by atoms with van der Waals surface area (Å²) in [7, 11) is 0. The number of hydrogen-bond acceptors (Lipinski definition) is 3. The Morgan fingerprint density at radius 1 is 1.33 bits per heavy atom. The lowest BCUT2D eigenvalue weighted by Crippen LogP contribution is -2.46. The van der Waals surface area contributed by atoms with Crippen LogP contribution in [0.4, 0.5) is 18.9 Å². The Morgan fingerprint density at radius 2 is 2.00 bits per heavy atom. The summed E-state index contributed by atoms with van der Waals surface area (Å²) in [5, 5.41) is 0. The second-order valence-corrected chi connectivity index (χ2v) is 5.96. The Morgan fingerprint density at radius 3 is 2.57 bits per heavy atom. The third kappa shape index (κ3) is 3.70. The zero-order valence-electron chi connectivity index (χ0n) is 11.6. The average Bonchev–Trinajstić information content (AvgIpc) is 2.37. The van der Waals surface area contributed by atoms with Gasteiger partial charge in [-0.05, 0) is 41.1 Å². The topological polar surface area (TPSA) is 29.5 Å². The molecule has 116 valence electrons. The van der Waals surface area contributed by atoms with Gasteiger partial charge in [-0.2, -0.15) is 0 Å². The number of halogens is 4. The van der Waals surface area contributed by atoms with Gasteiger partial charge in [-0.3, -0.25) is 4.79 Å². The fraction of sp³-hybridized carbons (Fsp3) is 0.500. The number of alkyl halides is 3. The molecule has 21 heavy (non-hydrogen) atoms. The first-order chi connectivity index (χ1) is 9.69. The molecular weight excluding hydrogens is 351 g/mol. The fourth-order valence-corrected chi connectivity index (χ4v) is 2.89. The quantitative estimate of drug-likeness (QED) is 0.788. The van der Waals surface area contributed by atoms with Crippen LogP contribution >= 0.6 is 15.9 Å². The number of carbonyl (C=O) groups excluding carboxylic acids is 1. The Balaban J connectivity index is 2.22. The number of hydrogen-bond donors (Lipinski definition) is 0. The molecular formula is C14H15BrF3NO2. The molecule has 1 fully saturated rings. The van der Waals surface area contributed by atoms with Gasteiger partial charge in [0, 0.05) is 30.6 Å². The van der Waals surface area contributed by atoms with E-state index in [2.05, 4.69) is 20.7 Å². The largest absolute Gasteiger partial charge is 0.573 e. The second-order valence-electron chi connectivity index (χ2n) is 5.10. The monoisotopic (exact) mass is 365 g/mol. The number of anilines is 1. The van der Waals surface area contributed by atoms with Crippen molar-refractivity contribution < 1.29 is 22.7 Å². The lowest BCUT2D eigenvalue weighted by Gasteiger charge is -2.38. The van der Waals surface area contributed by atoms with Crippen LogP contribution in [0.1, 0.15) is 20.3 Å². The van der Waals surface area contributed by atoms with Crippen molar-refractivity contribution >= 4 is 27.4 Å². The molecule has 2 rings (SSSR count). The number of ether oxygens (including phenoxy) is 1. The Hall–Kier alpha value is -1.24. The van der Waals surface area contributed by atoms with Crippen LogP contribution in [0.3, 0.4) is 0 Å². The molecule has 2 unspecified atom stereocenters. The van der Waals surface area contributed by atoms with Gasteiger partial charge < -0.3 is 9.64 Å². The molecule has 7 heteroatoms. The minimum atomic E-state index is -4.72. The van der Waals surface area contributed by atoms with Crippen molar-refractivity contribution in [3.05, 3.63) is 22.7 Å². The number of nitrogens with zero attached hydrogens (tertiary/aromatic N) is 1. The molecule has 1 saturated heterocycles. The van der Waals surface area contributed by atoms with Crippen molar-refractivity contribution in [2.45, 2.75) is 32.7 Å². The maximum absolute atomic E-state index is 12.2. The summed E-state index contributed by atoms with van der Waals surface area (Å²) in [5.41, 5.74) is 0.767. The molecule has 0 saturated carbocycles. The number of Topliss-reactive ketones (excluding diaryl/α,β-unsaturated/α-hetero) is 1. The zero-order chi connectivity index (χ0) is 15.8. The molecule has 0 radical (unpaired) electrons. The third-order valence-electron chi connectivity index (χ3n) is 3.79. The maximum Gasteiger partial charge on any atom is 0.573 e. The first kappa shape index (κ1) is 16.1. The van der Waals surface area contributed by atoms with Crippen molar-refractivity contribution in [3.8, 4) is 5.75 Å². The summed E-state index contributed by atoms with van der Waals surface area (Å²) in [4.78, 5) is 13.7. The lowest BCUT2D eigenvalue weighted by molar-refractivity contribution is -0.274. The van der Waals surface area contributed by atoms with Gasteiger partial charge in [0.2, 0.25) is 0 Å². The van der Waals surface area contributed by atoms with Crippen molar-refractivity contribution in [1.29, 1.82) is 0 Å². The van der Waals surface area contributed by atoms with Crippen LogP contribution in [0.25, 0.3) is 0 Å². The highest BCUT2D eigenvalue weighted by molar-refractivity contribution is 9.10. The van der Waals surface area contributed by atoms with Gasteiger partial charge in [0.1, 0.15) is 11.5 Å². The molecule has 0 N–H and O–H groups in total. The van der Waals surface area contributed by atoms with Gasteiger partial charge in [0.05, 0.1) is 4.47 Å². The van der Waals surface area contributed by atoms with E-state index < -0.39 is 6.36 Å². The highest BCUT2D eigenvalue weighted by atomic mass is 79.9. The summed E-state index contributed by atoms with van der Waals surface area (Å²) in [6, 6.07) is 4.44. The summed E-state index contributed by atoms with van der Waals surface area (Å²) in [6.07, 6.45) is -4.27. The lowest BCUT2D eigenvalue weighted by atomic mass is 9.90. The number of carbonyl (C=O) groups is 1. The maximum atomic E-state index is 12.2. The SMILES string of the molecule is CC1C(=O)CCN(c2ccc(OC(F)(F)F)c(Br)c2)C1C. The third-order valence-corrected chi connectivity index (χ3v) is 4.41. The van der Waals surface area contributed by atoms with Crippen LogP contribution < -0.4 is 9.64 Å². The summed E-state index contributed by atoms with van der Waals surface area (Å²) in [5.74, 6) is -0.154. The van der Waals surface area contributed by atoms with Crippen LogP contribution in [0.15, 0.2) is 22.7 Å². The van der Waals surface area contributed by atoms with E-state index in [1.807, 2.05) is 18.7 Å². The highest BCUT2D eigenvalue weighted by Crippen LogP contribution is 2.35. The van der Waals surface area contributed by atoms with E-state index >= 15 is 0 Å². The van der Waals surface area contributed by atoms with Crippen LogP contribution in [-0.2, 0) is 4.79 Å². The fourth-order valence-electron chi connectivity index (χ4n) is 2.44. The van der Waals surface area contributed by atoms with Gasteiger partial charge in [-0.15, -0.1) is 13.2 Å². The molecule has 1 aliphatic rings. The van der Waals surface area contributed by atoms with E-state index in [4.69, 9.17) is 0 Å². The molecule has 1 aromatic rings. The molecule has 0 bridgehead atoms. The summed E-state index contributed by atoms with van der Waals surface area (Å²) < 4.78 is 40.9. The molecule has 1 aliphatic heterocycles. The number of ketones is 1. The van der Waals surface area contributed by atoms with Gasteiger partial charge in [-0.25, -0.2) is 0 Å². The van der Waals surface area contributed by atoms with Gasteiger partial charge in [0.25, 0.3) is 0 Å². The summed E-state index contributed by atoms with van der Waals surface area (Å²) in [6.45, 7) is 4.38. The molecule has 2 atom stereocenters. The number of benzene rings is 1. The normalized spacial score (nSPS) is 23.3. The van der Waals surface area contributed by atoms with E-state index in [0.717, 1.165) is 5.69 Å². The van der Waals surface area contributed by atoms with Gasteiger partial charge >= 0.3 is 6.36 Å². The first-order valence-corrected chi connectivity index (χ1v) is 7.33. The zero-order valence-corrected chi connectivity index (χ0v) is 13.2. The van der Waals surface area contributed by atoms with Crippen molar-refractivity contribution in [2.75, 3.05) is 11.4 Å². The van der Waals surface area contributed by atoms with Gasteiger partial charge in [-0.1, -0.05) is 6.92 Å². The molecule has 0 aliphatic carbocycles. The van der Waals surface area contributed by atoms with E-state index in [-0.39, 0.29) is 28.0 Å². The van der Waals surface area contributed by atoms with Crippen molar-refractivity contribution in [2.24, 2.45) is 5.92 Å². The molecule has 0 aromatic heterocycles. The minimum Gasteiger partial charge on any atom is -0.405 e. The van der Waals surface area contributed by atoms with Crippen LogP contribution in [0.5, 0.6) is 5.75 Å². The Labute approximate surface area is 129 Å². The van der Waals surface area contributed by atoms with Crippen LogP contribution in [0, 0.1) is 5.92 Å². The van der Waals surface area contributed by atoms with Crippen LogP contribution in [-0.4, -0.2) is 24.7 Å². The number of piperidine rings is 1. The molecule has 1 heterocycles. The second kappa shape index (κ2) is 5.87. The molecule has 3 nitrogen and oxygen atoms in total. The summed E-state index contributed by atoms with van der Waals surface area (Å²) >= 11 is 3.09. The Kier molecular flexibility index (Phi) is 4.51. The van der Waals surface area contributed by atoms with E-state index in [1.165, 1.54) is 6.07 Å². The standard InChI is InChI=1S/C14H15BrF3NO2/c1-8-9(2)19(6-5-12(8)20)10-3-4-13(11(15)7-10)21-14(16,17)18/h3-4,7-9H,5-6H2,1-2H3. The number of rotatable bonds is 2. The highest BCUT2D eigenvalue weighted by Gasteiger charge is 2.33. The predicted octanol–water partition coefficient (Wildman–Crippen LogP) is 4.15. The van der Waals surface area contributed by atoms with Crippen molar-refractivity contribution in [3.63, 3.8) is 0 Å². The predicted molar refractivity (Wildman–Crippen MR) is 76.4 cm³/mol. The van der Waals surface area contributed by atoms with E-state index in [1.54, 1.807) is 12.1 Å². The Bertz CT molecular complexity index is 548. The van der Waals surface area contributed by atoms with E-state index in [9.17, 15) is 18.0 Å². The molecule has 1 aromatic carbocycles. The minimum absolute atomic E-state index is 0.00698. The molecule has 0 spiro atoms. The van der Waals surface area contributed by atoms with E-state index in [0.29, 0.717) is 13.0 Å². The average molecular weight is 366 g/mol. The smallest absolute Gasteiger partial charge is 0.405 e. The molecule has 0 amide bonds. The first-order valence-electron chi connectivity index (χ1n) is 6.53. The van der Waals surface area contributed by atoms with Crippen molar-refractivity contribution in [1.82, 2.24) is 0 Å². The van der Waals surface area contributed by atoms with Crippen LogP contribution in [0.2, 0.25) is 0 Å².